The molecule has 2 rings (SSSR count). The van der Waals surface area contributed by atoms with Crippen molar-refractivity contribution in [3.63, 3.8) is 0 Å². The molecular weight excluding hydrogens is 268 g/mol. The average Bonchev–Trinajstić information content (AvgIpc) is 2.40. The van der Waals surface area contributed by atoms with Gasteiger partial charge >= 0.3 is 0 Å². The number of carbonyl (C=O) groups excluding carboxylic acids is 1. The zero-order chi connectivity index (χ0) is 13.8. The predicted octanol–water partition coefficient (Wildman–Crippen LogP) is -0.0518. The van der Waals surface area contributed by atoms with Crippen LogP contribution in [0.5, 0.6) is 0 Å². The quantitative estimate of drug-likeness (QED) is 0.810. The summed E-state index contributed by atoms with van der Waals surface area (Å²) in [7, 11) is 0. The third-order valence-electron chi connectivity index (χ3n) is 3.19. The molecule has 1 aromatic rings. The van der Waals surface area contributed by atoms with Crippen LogP contribution in [0, 0.1) is 0 Å². The van der Waals surface area contributed by atoms with Crippen LogP contribution in [0.1, 0.15) is 10.4 Å². The van der Waals surface area contributed by atoms with Gasteiger partial charge in [0, 0.05) is 38.9 Å². The number of piperazine rings is 1. The number of β-amino-alcohol motifs (C(OH)–C–C–N with tert-alkyl or cyclic N) is 1. The summed E-state index contributed by atoms with van der Waals surface area (Å²) in [4.78, 5) is 19.5. The largest absolute Gasteiger partial charge is 0.395 e. The van der Waals surface area contributed by atoms with Crippen molar-refractivity contribution in [3.8, 4) is 0 Å². The standard InChI is InChI=1S/C12H17ClN4O2/c13-10-7-9(11(14)19)8-15-12(10)17-3-1-16(2-4-17)5-6-18/h7-8,18H,1-6H2,(H2,14,19). The van der Waals surface area contributed by atoms with E-state index in [2.05, 4.69) is 14.8 Å². The second kappa shape index (κ2) is 6.18. The number of pyridine rings is 1. The van der Waals surface area contributed by atoms with Crippen molar-refractivity contribution in [3.05, 3.63) is 22.8 Å². The molecular formula is C12H17ClN4O2. The van der Waals surface area contributed by atoms with E-state index < -0.39 is 5.91 Å². The molecule has 0 aliphatic carbocycles. The Morgan fingerprint density at radius 1 is 1.42 bits per heavy atom. The molecule has 1 saturated heterocycles. The molecule has 104 valence electrons. The number of aliphatic hydroxyl groups is 1. The van der Waals surface area contributed by atoms with Gasteiger partial charge in [-0.15, -0.1) is 0 Å². The van der Waals surface area contributed by atoms with Crippen LogP contribution >= 0.6 is 11.6 Å². The Bertz CT molecular complexity index is 461. The van der Waals surface area contributed by atoms with Crippen LogP contribution in [-0.2, 0) is 0 Å². The summed E-state index contributed by atoms with van der Waals surface area (Å²) in [6.45, 7) is 4.17. The Balaban J connectivity index is 2.05. The monoisotopic (exact) mass is 284 g/mol. The first kappa shape index (κ1) is 14.0. The summed E-state index contributed by atoms with van der Waals surface area (Å²) < 4.78 is 0. The van der Waals surface area contributed by atoms with Gasteiger partial charge in [0.1, 0.15) is 5.82 Å². The smallest absolute Gasteiger partial charge is 0.250 e. The highest BCUT2D eigenvalue weighted by molar-refractivity contribution is 6.33. The van der Waals surface area contributed by atoms with Crippen LogP contribution in [0.3, 0.4) is 0 Å². The number of aromatic nitrogens is 1. The molecule has 0 spiro atoms. The first-order valence-electron chi connectivity index (χ1n) is 6.15. The van der Waals surface area contributed by atoms with Gasteiger partial charge in [0.2, 0.25) is 5.91 Å². The zero-order valence-corrected chi connectivity index (χ0v) is 11.3. The van der Waals surface area contributed by atoms with E-state index in [4.69, 9.17) is 22.4 Å². The molecule has 1 aliphatic heterocycles. The summed E-state index contributed by atoms with van der Waals surface area (Å²) in [5.41, 5.74) is 5.49. The van der Waals surface area contributed by atoms with Crippen molar-refractivity contribution in [2.45, 2.75) is 0 Å². The number of nitrogens with two attached hydrogens (primary N) is 1. The number of nitrogens with zero attached hydrogens (tertiary/aromatic N) is 3. The maximum Gasteiger partial charge on any atom is 0.250 e. The van der Waals surface area contributed by atoms with Gasteiger partial charge in [0.25, 0.3) is 0 Å². The van der Waals surface area contributed by atoms with Gasteiger partial charge in [-0.05, 0) is 6.07 Å². The minimum absolute atomic E-state index is 0.173. The van der Waals surface area contributed by atoms with Gasteiger partial charge in [0.05, 0.1) is 17.2 Å². The maximum absolute atomic E-state index is 11.0. The molecule has 19 heavy (non-hydrogen) atoms. The minimum atomic E-state index is -0.534. The fourth-order valence-corrected chi connectivity index (χ4v) is 2.41. The van der Waals surface area contributed by atoms with Crippen molar-refractivity contribution in [2.75, 3.05) is 44.2 Å². The zero-order valence-electron chi connectivity index (χ0n) is 10.5. The van der Waals surface area contributed by atoms with Crippen molar-refractivity contribution in [2.24, 2.45) is 5.73 Å². The number of halogens is 1. The number of amides is 1. The summed E-state index contributed by atoms with van der Waals surface area (Å²) >= 11 is 6.14. The molecule has 3 N–H and O–H groups in total. The highest BCUT2D eigenvalue weighted by Gasteiger charge is 2.20. The number of hydrogen-bond donors (Lipinski definition) is 2. The van der Waals surface area contributed by atoms with Crippen LogP contribution in [-0.4, -0.2) is 60.2 Å². The van der Waals surface area contributed by atoms with Gasteiger partial charge in [0.15, 0.2) is 0 Å². The number of primary amides is 1. The molecule has 1 amide bonds. The van der Waals surface area contributed by atoms with E-state index in [1.54, 1.807) is 6.07 Å². The summed E-state index contributed by atoms with van der Waals surface area (Å²) in [6.07, 6.45) is 1.45. The fourth-order valence-electron chi connectivity index (χ4n) is 2.12. The first-order chi connectivity index (χ1) is 9.11. The van der Waals surface area contributed by atoms with Crippen molar-refractivity contribution in [1.29, 1.82) is 0 Å². The third-order valence-corrected chi connectivity index (χ3v) is 3.47. The molecule has 1 fully saturated rings. The molecule has 0 atom stereocenters. The highest BCUT2D eigenvalue weighted by atomic mass is 35.5. The lowest BCUT2D eigenvalue weighted by atomic mass is 10.2. The van der Waals surface area contributed by atoms with E-state index in [1.807, 2.05) is 0 Å². The van der Waals surface area contributed by atoms with Gasteiger partial charge in [-0.25, -0.2) is 4.98 Å². The van der Waals surface area contributed by atoms with E-state index in [1.165, 1.54) is 6.20 Å². The number of carbonyl (C=O) groups is 1. The predicted molar refractivity (Wildman–Crippen MR) is 73.5 cm³/mol. The summed E-state index contributed by atoms with van der Waals surface area (Å²) in [5.74, 6) is 0.143. The molecule has 0 aromatic carbocycles. The van der Waals surface area contributed by atoms with E-state index in [9.17, 15) is 4.79 Å². The number of rotatable bonds is 4. The molecule has 2 heterocycles. The topological polar surface area (TPSA) is 82.7 Å². The maximum atomic E-state index is 11.0. The van der Waals surface area contributed by atoms with E-state index in [-0.39, 0.29) is 6.61 Å². The summed E-state index contributed by atoms with van der Waals surface area (Å²) in [6, 6.07) is 1.55. The SMILES string of the molecule is NC(=O)c1cnc(N2CCN(CCO)CC2)c(Cl)c1. The Morgan fingerprint density at radius 3 is 2.63 bits per heavy atom. The highest BCUT2D eigenvalue weighted by Crippen LogP contribution is 2.24. The number of anilines is 1. The van der Waals surface area contributed by atoms with Crippen molar-refractivity contribution >= 4 is 23.3 Å². The minimum Gasteiger partial charge on any atom is -0.395 e. The Morgan fingerprint density at radius 2 is 2.11 bits per heavy atom. The molecule has 0 saturated carbocycles. The van der Waals surface area contributed by atoms with Gasteiger partial charge < -0.3 is 15.7 Å². The van der Waals surface area contributed by atoms with Crippen LogP contribution in [0.2, 0.25) is 5.02 Å². The van der Waals surface area contributed by atoms with Crippen molar-refractivity contribution in [1.82, 2.24) is 9.88 Å². The summed E-state index contributed by atoms with van der Waals surface area (Å²) in [5, 5.41) is 9.33. The van der Waals surface area contributed by atoms with Gasteiger partial charge in [-0.1, -0.05) is 11.6 Å². The lowest BCUT2D eigenvalue weighted by molar-refractivity contribution is 0.1000. The average molecular weight is 285 g/mol. The van der Waals surface area contributed by atoms with Gasteiger partial charge in [-0.3, -0.25) is 9.69 Å². The Hall–Kier alpha value is -1.37. The molecule has 6 nitrogen and oxygen atoms in total. The second-order valence-corrected chi connectivity index (χ2v) is 4.85. The Labute approximate surface area is 116 Å². The first-order valence-corrected chi connectivity index (χ1v) is 6.53. The molecule has 0 bridgehead atoms. The lowest BCUT2D eigenvalue weighted by Crippen LogP contribution is -2.47. The molecule has 0 unspecified atom stereocenters. The van der Waals surface area contributed by atoms with E-state index in [0.717, 1.165) is 26.2 Å². The van der Waals surface area contributed by atoms with Crippen molar-refractivity contribution < 1.29 is 9.90 Å². The van der Waals surface area contributed by atoms with Crippen LogP contribution in [0.15, 0.2) is 12.3 Å². The van der Waals surface area contributed by atoms with Crippen LogP contribution < -0.4 is 10.6 Å². The second-order valence-electron chi connectivity index (χ2n) is 4.45. The fraction of sp³-hybridized carbons (Fsp3) is 0.500. The van der Waals surface area contributed by atoms with E-state index >= 15 is 0 Å². The molecule has 7 heteroatoms. The van der Waals surface area contributed by atoms with E-state index in [0.29, 0.717) is 22.9 Å². The number of hydrogen-bond acceptors (Lipinski definition) is 5. The Kier molecular flexibility index (Phi) is 4.57. The van der Waals surface area contributed by atoms with Gasteiger partial charge in [-0.2, -0.15) is 0 Å². The van der Waals surface area contributed by atoms with Crippen LogP contribution in [0.4, 0.5) is 5.82 Å². The molecule has 0 radical (unpaired) electrons. The number of aliphatic hydroxyl groups excluding tert-OH is 1. The lowest BCUT2D eigenvalue weighted by Gasteiger charge is -2.35. The third kappa shape index (κ3) is 3.34. The normalized spacial score (nSPS) is 16.6. The molecule has 1 aromatic heterocycles. The van der Waals surface area contributed by atoms with Crippen LogP contribution in [0.25, 0.3) is 0 Å². The molecule has 1 aliphatic rings.